The van der Waals surface area contributed by atoms with E-state index < -0.39 is 0 Å². The molecule has 1 heteroatoms. The molecule has 1 nitrogen and oxygen atoms in total. The first-order valence-electron chi connectivity index (χ1n) is 4.15. The molecular weight excluding hydrogens is 136 g/mol. The molecule has 1 unspecified atom stereocenters. The molecule has 0 aromatic heterocycles. The van der Waals surface area contributed by atoms with Gasteiger partial charge in [0.1, 0.15) is 5.76 Å². The van der Waals surface area contributed by atoms with E-state index in [0.717, 1.165) is 18.8 Å². The van der Waals surface area contributed by atoms with Crippen molar-refractivity contribution in [3.05, 3.63) is 24.5 Å². The SMILES string of the molecule is C=C(C=CC)OCC(C)CC. The van der Waals surface area contributed by atoms with Crippen LogP contribution in [0.5, 0.6) is 0 Å². The standard InChI is InChI=1S/C10H18O/c1-5-7-10(4)11-8-9(3)6-2/h5,7,9H,4,6,8H2,1-3H3. The Balaban J connectivity index is 3.45. The van der Waals surface area contributed by atoms with E-state index in [-0.39, 0.29) is 0 Å². The average molecular weight is 154 g/mol. The molecule has 1 atom stereocenters. The lowest BCUT2D eigenvalue weighted by Crippen LogP contribution is -2.02. The van der Waals surface area contributed by atoms with Gasteiger partial charge in [0.15, 0.2) is 0 Å². The van der Waals surface area contributed by atoms with Gasteiger partial charge >= 0.3 is 0 Å². The Morgan fingerprint density at radius 2 is 2.27 bits per heavy atom. The van der Waals surface area contributed by atoms with Crippen LogP contribution in [0.4, 0.5) is 0 Å². The van der Waals surface area contributed by atoms with Crippen LogP contribution in [0.2, 0.25) is 0 Å². The fourth-order valence-corrected chi connectivity index (χ4v) is 0.601. The molecule has 0 saturated heterocycles. The second-order valence-electron chi connectivity index (χ2n) is 2.79. The Kier molecular flexibility index (Phi) is 5.63. The number of hydrogen-bond acceptors (Lipinski definition) is 1. The third-order valence-corrected chi connectivity index (χ3v) is 1.60. The molecule has 0 aliphatic rings. The van der Waals surface area contributed by atoms with Crippen molar-refractivity contribution in [2.45, 2.75) is 27.2 Å². The van der Waals surface area contributed by atoms with Crippen LogP contribution < -0.4 is 0 Å². The Hall–Kier alpha value is -0.720. The van der Waals surface area contributed by atoms with E-state index in [9.17, 15) is 0 Å². The highest BCUT2D eigenvalue weighted by atomic mass is 16.5. The first kappa shape index (κ1) is 10.3. The Morgan fingerprint density at radius 1 is 1.64 bits per heavy atom. The normalized spacial score (nSPS) is 13.4. The maximum Gasteiger partial charge on any atom is 0.111 e. The predicted octanol–water partition coefficient (Wildman–Crippen LogP) is 3.14. The smallest absolute Gasteiger partial charge is 0.111 e. The van der Waals surface area contributed by atoms with Gasteiger partial charge < -0.3 is 4.74 Å². The molecule has 0 amide bonds. The van der Waals surface area contributed by atoms with Gasteiger partial charge in [-0.3, -0.25) is 0 Å². The summed E-state index contributed by atoms with van der Waals surface area (Å²) in [4.78, 5) is 0. The molecule has 0 aromatic carbocycles. The zero-order chi connectivity index (χ0) is 8.69. The fourth-order valence-electron chi connectivity index (χ4n) is 0.601. The van der Waals surface area contributed by atoms with Crippen LogP contribution in [-0.4, -0.2) is 6.61 Å². The van der Waals surface area contributed by atoms with E-state index in [1.807, 2.05) is 19.1 Å². The first-order chi connectivity index (χ1) is 5.20. The minimum atomic E-state index is 0.622. The van der Waals surface area contributed by atoms with Crippen molar-refractivity contribution in [2.75, 3.05) is 6.61 Å². The summed E-state index contributed by atoms with van der Waals surface area (Å²) in [6.07, 6.45) is 4.96. The van der Waals surface area contributed by atoms with E-state index in [1.165, 1.54) is 0 Å². The van der Waals surface area contributed by atoms with Crippen molar-refractivity contribution in [2.24, 2.45) is 5.92 Å². The van der Waals surface area contributed by atoms with Crippen LogP contribution in [0, 0.1) is 5.92 Å². The molecule has 0 rings (SSSR count). The molecule has 0 heterocycles. The van der Waals surface area contributed by atoms with E-state index in [0.29, 0.717) is 5.92 Å². The quantitative estimate of drug-likeness (QED) is 0.436. The van der Waals surface area contributed by atoms with Crippen LogP contribution in [0.1, 0.15) is 27.2 Å². The number of hydrogen-bond donors (Lipinski definition) is 0. The summed E-state index contributed by atoms with van der Waals surface area (Å²) in [5, 5.41) is 0. The van der Waals surface area contributed by atoms with Crippen LogP contribution in [0.25, 0.3) is 0 Å². The topological polar surface area (TPSA) is 9.23 Å². The second kappa shape index (κ2) is 6.02. The lowest BCUT2D eigenvalue weighted by atomic mass is 10.1. The van der Waals surface area contributed by atoms with Gasteiger partial charge in [0.25, 0.3) is 0 Å². The monoisotopic (exact) mass is 154 g/mol. The highest BCUT2D eigenvalue weighted by Crippen LogP contribution is 2.04. The summed E-state index contributed by atoms with van der Waals surface area (Å²) >= 11 is 0. The minimum Gasteiger partial charge on any atom is -0.494 e. The van der Waals surface area contributed by atoms with Gasteiger partial charge in [0, 0.05) is 0 Å². The number of rotatable bonds is 5. The Morgan fingerprint density at radius 3 is 2.73 bits per heavy atom. The molecule has 11 heavy (non-hydrogen) atoms. The van der Waals surface area contributed by atoms with Gasteiger partial charge in [0.2, 0.25) is 0 Å². The van der Waals surface area contributed by atoms with Gasteiger partial charge in [-0.05, 0) is 18.9 Å². The lowest BCUT2D eigenvalue weighted by Gasteiger charge is -2.09. The van der Waals surface area contributed by atoms with Gasteiger partial charge in [-0.2, -0.15) is 0 Å². The van der Waals surface area contributed by atoms with Crippen LogP contribution in [-0.2, 0) is 4.74 Å². The average Bonchev–Trinajstić information content (AvgIpc) is 2.01. The largest absolute Gasteiger partial charge is 0.494 e. The summed E-state index contributed by atoms with van der Waals surface area (Å²) < 4.78 is 5.35. The summed E-state index contributed by atoms with van der Waals surface area (Å²) in [6, 6.07) is 0. The molecule has 0 bridgehead atoms. The van der Waals surface area contributed by atoms with Crippen molar-refractivity contribution in [1.82, 2.24) is 0 Å². The molecule has 0 radical (unpaired) electrons. The molecule has 0 aliphatic carbocycles. The number of allylic oxidation sites excluding steroid dienone is 2. The molecule has 0 saturated carbocycles. The van der Waals surface area contributed by atoms with Crippen molar-refractivity contribution in [3.8, 4) is 0 Å². The zero-order valence-electron chi connectivity index (χ0n) is 7.76. The molecule has 0 spiro atoms. The highest BCUT2D eigenvalue weighted by Gasteiger charge is 1.97. The summed E-state index contributed by atoms with van der Waals surface area (Å²) in [5.74, 6) is 1.38. The maximum absolute atomic E-state index is 5.35. The van der Waals surface area contributed by atoms with Gasteiger partial charge in [-0.1, -0.05) is 32.9 Å². The third kappa shape index (κ3) is 5.71. The highest BCUT2D eigenvalue weighted by molar-refractivity contribution is 5.05. The van der Waals surface area contributed by atoms with E-state index in [2.05, 4.69) is 20.4 Å². The summed E-state index contributed by atoms with van der Waals surface area (Å²) in [7, 11) is 0. The maximum atomic E-state index is 5.35. The molecule has 0 aliphatic heterocycles. The van der Waals surface area contributed by atoms with Gasteiger partial charge in [-0.15, -0.1) is 0 Å². The van der Waals surface area contributed by atoms with E-state index in [1.54, 1.807) is 0 Å². The van der Waals surface area contributed by atoms with Crippen molar-refractivity contribution in [3.63, 3.8) is 0 Å². The molecular formula is C10H18O. The molecule has 64 valence electrons. The van der Waals surface area contributed by atoms with Gasteiger partial charge in [-0.25, -0.2) is 0 Å². The number of ether oxygens (including phenoxy) is 1. The first-order valence-corrected chi connectivity index (χ1v) is 4.15. The summed E-state index contributed by atoms with van der Waals surface area (Å²) in [5.41, 5.74) is 0. The Bertz CT molecular complexity index is 136. The van der Waals surface area contributed by atoms with Gasteiger partial charge in [0.05, 0.1) is 6.61 Å². The van der Waals surface area contributed by atoms with Crippen molar-refractivity contribution < 1.29 is 4.74 Å². The van der Waals surface area contributed by atoms with E-state index in [4.69, 9.17) is 4.74 Å². The zero-order valence-corrected chi connectivity index (χ0v) is 7.76. The predicted molar refractivity (Wildman–Crippen MR) is 49.4 cm³/mol. The second-order valence-corrected chi connectivity index (χ2v) is 2.79. The third-order valence-electron chi connectivity index (χ3n) is 1.60. The minimum absolute atomic E-state index is 0.622. The lowest BCUT2D eigenvalue weighted by molar-refractivity contribution is 0.181. The van der Waals surface area contributed by atoms with Crippen LogP contribution in [0.3, 0.4) is 0 Å². The summed E-state index contributed by atoms with van der Waals surface area (Å²) in [6.45, 7) is 10.8. The van der Waals surface area contributed by atoms with Crippen molar-refractivity contribution in [1.29, 1.82) is 0 Å². The fraction of sp³-hybridized carbons (Fsp3) is 0.600. The van der Waals surface area contributed by atoms with Crippen LogP contribution >= 0.6 is 0 Å². The molecule has 0 N–H and O–H groups in total. The molecule has 0 fully saturated rings. The molecule has 0 aromatic rings. The van der Waals surface area contributed by atoms with Crippen LogP contribution in [0.15, 0.2) is 24.5 Å². The van der Waals surface area contributed by atoms with Crippen molar-refractivity contribution >= 4 is 0 Å². The van der Waals surface area contributed by atoms with E-state index >= 15 is 0 Å². The Labute approximate surface area is 69.8 Å².